The average molecular weight is 258 g/mol. The van der Waals surface area contributed by atoms with Crippen molar-refractivity contribution in [3.8, 4) is 0 Å². The van der Waals surface area contributed by atoms with Gasteiger partial charge in [0.15, 0.2) is 5.16 Å². The lowest BCUT2D eigenvalue weighted by molar-refractivity contribution is 0.966. The van der Waals surface area contributed by atoms with Crippen molar-refractivity contribution in [3.63, 3.8) is 0 Å². The number of aryl methyl sites for hydroxylation is 1. The molecule has 0 aliphatic carbocycles. The summed E-state index contributed by atoms with van der Waals surface area (Å²) in [6.45, 7) is 2.02. The van der Waals surface area contributed by atoms with Crippen LogP contribution in [0, 0.1) is 12.3 Å². The molecule has 0 spiro atoms. The first-order chi connectivity index (χ1) is 8.66. The molecule has 4 nitrogen and oxygen atoms in total. The molecule has 5 heteroatoms. The quantitative estimate of drug-likeness (QED) is 0.382. The predicted molar refractivity (Wildman–Crippen MR) is 73.8 cm³/mol. The molecule has 3 N–H and O–H groups in total. The van der Waals surface area contributed by atoms with Gasteiger partial charge in [-0.25, -0.2) is 9.97 Å². The minimum absolute atomic E-state index is 0.101. The van der Waals surface area contributed by atoms with Gasteiger partial charge in [0, 0.05) is 23.7 Å². The summed E-state index contributed by atoms with van der Waals surface area (Å²) in [7, 11) is 0. The van der Waals surface area contributed by atoms with Crippen molar-refractivity contribution in [2.75, 3.05) is 0 Å². The number of amidine groups is 1. The number of nitrogens with one attached hydrogen (secondary N) is 1. The van der Waals surface area contributed by atoms with E-state index in [4.69, 9.17) is 11.1 Å². The Morgan fingerprint density at radius 3 is 2.67 bits per heavy atom. The van der Waals surface area contributed by atoms with Crippen molar-refractivity contribution in [3.05, 3.63) is 53.3 Å². The van der Waals surface area contributed by atoms with Crippen LogP contribution in [0.25, 0.3) is 0 Å². The maximum absolute atomic E-state index is 7.39. The summed E-state index contributed by atoms with van der Waals surface area (Å²) in [5.74, 6) is 0.914. The maximum Gasteiger partial charge on any atom is 0.187 e. The van der Waals surface area contributed by atoms with Gasteiger partial charge in [0.05, 0.1) is 0 Å². The molecule has 18 heavy (non-hydrogen) atoms. The Labute approximate surface area is 110 Å². The molecule has 2 rings (SSSR count). The first-order valence-corrected chi connectivity index (χ1v) is 6.49. The van der Waals surface area contributed by atoms with Crippen LogP contribution in [0.1, 0.15) is 16.7 Å². The van der Waals surface area contributed by atoms with Gasteiger partial charge in [-0.05, 0) is 30.2 Å². The molecule has 92 valence electrons. The highest BCUT2D eigenvalue weighted by atomic mass is 32.2. The molecule has 1 heterocycles. The van der Waals surface area contributed by atoms with E-state index in [1.807, 2.05) is 25.1 Å². The van der Waals surface area contributed by atoms with Crippen LogP contribution in [0.3, 0.4) is 0 Å². The van der Waals surface area contributed by atoms with Gasteiger partial charge in [0.2, 0.25) is 0 Å². The Kier molecular flexibility index (Phi) is 3.94. The van der Waals surface area contributed by atoms with Crippen LogP contribution in [0.5, 0.6) is 0 Å². The summed E-state index contributed by atoms with van der Waals surface area (Å²) in [5.41, 5.74) is 8.55. The van der Waals surface area contributed by atoms with Gasteiger partial charge >= 0.3 is 0 Å². The molecule has 0 fully saturated rings. The number of aromatic nitrogens is 2. The highest BCUT2D eigenvalue weighted by molar-refractivity contribution is 7.98. The standard InChI is InChI=1S/C13H14N4S/c1-9-7-10(12(14)15)3-4-11(9)8-18-13-16-5-2-6-17-13/h2-7H,8H2,1H3,(H3,14,15). The number of nitrogen functional groups attached to an aromatic ring is 1. The van der Waals surface area contributed by atoms with Crippen molar-refractivity contribution in [2.24, 2.45) is 5.73 Å². The Morgan fingerprint density at radius 2 is 2.06 bits per heavy atom. The van der Waals surface area contributed by atoms with Crippen molar-refractivity contribution < 1.29 is 0 Å². The van der Waals surface area contributed by atoms with Gasteiger partial charge < -0.3 is 5.73 Å². The van der Waals surface area contributed by atoms with Crippen LogP contribution in [0.4, 0.5) is 0 Å². The van der Waals surface area contributed by atoms with Crippen molar-refractivity contribution in [2.45, 2.75) is 17.8 Å². The van der Waals surface area contributed by atoms with E-state index in [2.05, 4.69) is 9.97 Å². The van der Waals surface area contributed by atoms with E-state index in [0.29, 0.717) is 0 Å². The summed E-state index contributed by atoms with van der Waals surface area (Å²) in [5, 5.41) is 8.16. The van der Waals surface area contributed by atoms with Gasteiger partial charge in [0.25, 0.3) is 0 Å². The van der Waals surface area contributed by atoms with Gasteiger partial charge in [-0.15, -0.1) is 0 Å². The molecular weight excluding hydrogens is 244 g/mol. The molecule has 0 unspecified atom stereocenters. The summed E-state index contributed by atoms with van der Waals surface area (Å²) >= 11 is 1.59. The Hall–Kier alpha value is -1.88. The van der Waals surface area contributed by atoms with E-state index in [9.17, 15) is 0 Å². The van der Waals surface area contributed by atoms with Crippen LogP contribution in [0.2, 0.25) is 0 Å². The minimum Gasteiger partial charge on any atom is -0.384 e. The van der Waals surface area contributed by atoms with Gasteiger partial charge in [0.1, 0.15) is 5.84 Å². The van der Waals surface area contributed by atoms with Crippen LogP contribution >= 0.6 is 11.8 Å². The monoisotopic (exact) mass is 258 g/mol. The van der Waals surface area contributed by atoms with Crippen molar-refractivity contribution in [1.82, 2.24) is 9.97 Å². The summed E-state index contributed by atoms with van der Waals surface area (Å²) in [6.07, 6.45) is 3.47. The van der Waals surface area contributed by atoms with Gasteiger partial charge in [-0.1, -0.05) is 23.9 Å². The molecule has 1 aromatic heterocycles. The lowest BCUT2D eigenvalue weighted by Gasteiger charge is -2.07. The second kappa shape index (κ2) is 5.64. The third-order valence-corrected chi connectivity index (χ3v) is 3.48. The molecule has 0 saturated heterocycles. The fourth-order valence-electron chi connectivity index (χ4n) is 1.53. The molecule has 0 amide bonds. The largest absolute Gasteiger partial charge is 0.384 e. The molecule has 0 aliphatic heterocycles. The number of benzene rings is 1. The molecular formula is C13H14N4S. The number of nitrogens with zero attached hydrogens (tertiary/aromatic N) is 2. The molecule has 0 bridgehead atoms. The maximum atomic E-state index is 7.39. The van der Waals surface area contributed by atoms with E-state index >= 15 is 0 Å². The first-order valence-electron chi connectivity index (χ1n) is 5.50. The van der Waals surface area contributed by atoms with Crippen LogP contribution in [0.15, 0.2) is 41.8 Å². The summed E-state index contributed by atoms with van der Waals surface area (Å²) in [6, 6.07) is 7.61. The summed E-state index contributed by atoms with van der Waals surface area (Å²) < 4.78 is 0. The van der Waals surface area contributed by atoms with Crippen LogP contribution < -0.4 is 5.73 Å². The van der Waals surface area contributed by atoms with Gasteiger partial charge in [-0.2, -0.15) is 0 Å². The van der Waals surface area contributed by atoms with Crippen molar-refractivity contribution >= 4 is 17.6 Å². The van der Waals surface area contributed by atoms with E-state index in [1.165, 1.54) is 5.56 Å². The zero-order valence-electron chi connectivity index (χ0n) is 10.1. The van der Waals surface area contributed by atoms with E-state index in [-0.39, 0.29) is 5.84 Å². The lowest BCUT2D eigenvalue weighted by atomic mass is 10.1. The zero-order valence-corrected chi connectivity index (χ0v) is 10.9. The molecule has 0 atom stereocenters. The average Bonchev–Trinajstić information content (AvgIpc) is 2.38. The smallest absolute Gasteiger partial charge is 0.187 e. The highest BCUT2D eigenvalue weighted by Crippen LogP contribution is 2.21. The molecule has 1 aromatic carbocycles. The highest BCUT2D eigenvalue weighted by Gasteiger charge is 2.04. The second-order valence-corrected chi connectivity index (χ2v) is 4.82. The van der Waals surface area contributed by atoms with Crippen LogP contribution in [-0.2, 0) is 5.75 Å². The van der Waals surface area contributed by atoms with Gasteiger partial charge in [-0.3, -0.25) is 5.41 Å². The third kappa shape index (κ3) is 3.07. The number of hydrogen-bond acceptors (Lipinski definition) is 4. The third-order valence-electron chi connectivity index (χ3n) is 2.55. The molecule has 0 radical (unpaired) electrons. The minimum atomic E-state index is 0.101. The molecule has 0 aliphatic rings. The fourth-order valence-corrected chi connectivity index (χ4v) is 2.41. The number of nitrogens with two attached hydrogens (primary N) is 1. The number of rotatable bonds is 4. The molecule has 0 saturated carbocycles. The number of hydrogen-bond donors (Lipinski definition) is 2. The number of thioether (sulfide) groups is 1. The first kappa shape index (κ1) is 12.6. The van der Waals surface area contributed by atoms with E-state index in [0.717, 1.165) is 22.0 Å². The Morgan fingerprint density at radius 1 is 1.33 bits per heavy atom. The van der Waals surface area contributed by atoms with E-state index in [1.54, 1.807) is 30.2 Å². The molecule has 2 aromatic rings. The van der Waals surface area contributed by atoms with Crippen LogP contribution in [-0.4, -0.2) is 15.8 Å². The zero-order chi connectivity index (χ0) is 13.0. The Balaban J connectivity index is 2.08. The van der Waals surface area contributed by atoms with E-state index < -0.39 is 0 Å². The summed E-state index contributed by atoms with van der Waals surface area (Å²) in [4.78, 5) is 8.33. The Bertz CT molecular complexity index is 554. The SMILES string of the molecule is Cc1cc(C(=N)N)ccc1CSc1ncccn1. The lowest BCUT2D eigenvalue weighted by Crippen LogP contribution is -2.11. The second-order valence-electron chi connectivity index (χ2n) is 3.87. The predicted octanol–water partition coefficient (Wildman–Crippen LogP) is 2.36. The van der Waals surface area contributed by atoms with Crippen molar-refractivity contribution in [1.29, 1.82) is 5.41 Å². The normalized spacial score (nSPS) is 10.3. The fraction of sp³-hybridized carbons (Fsp3) is 0.154. The topological polar surface area (TPSA) is 75.7 Å².